The summed E-state index contributed by atoms with van der Waals surface area (Å²) in [6, 6.07) is 24.3. The molecular formula is C35H36Cl2FN3O4S. The Labute approximate surface area is 280 Å². The highest BCUT2D eigenvalue weighted by Crippen LogP contribution is 2.35. The number of sulfonamides is 1. The van der Waals surface area contributed by atoms with Crippen LogP contribution in [0, 0.1) is 12.7 Å². The number of halogens is 3. The number of hydrogen-bond acceptors (Lipinski definition) is 4. The molecule has 0 aromatic heterocycles. The molecule has 1 N–H and O–H groups in total. The van der Waals surface area contributed by atoms with E-state index in [4.69, 9.17) is 23.2 Å². The van der Waals surface area contributed by atoms with Gasteiger partial charge in [-0.1, -0.05) is 96.4 Å². The number of benzene rings is 4. The van der Waals surface area contributed by atoms with Crippen molar-refractivity contribution in [2.24, 2.45) is 0 Å². The highest BCUT2D eigenvalue weighted by molar-refractivity contribution is 7.92. The molecule has 0 radical (unpaired) electrons. The predicted molar refractivity (Wildman–Crippen MR) is 181 cm³/mol. The number of aryl methyl sites for hydroxylation is 1. The topological polar surface area (TPSA) is 86.8 Å². The Bertz CT molecular complexity index is 1760. The van der Waals surface area contributed by atoms with Crippen LogP contribution in [0.25, 0.3) is 0 Å². The Morgan fingerprint density at radius 2 is 1.52 bits per heavy atom. The summed E-state index contributed by atoms with van der Waals surface area (Å²) in [7, 11) is -4.35. The molecule has 11 heteroatoms. The van der Waals surface area contributed by atoms with Crippen molar-refractivity contribution in [2.45, 2.75) is 57.1 Å². The van der Waals surface area contributed by atoms with Crippen molar-refractivity contribution in [1.82, 2.24) is 10.2 Å². The van der Waals surface area contributed by atoms with E-state index in [1.54, 1.807) is 18.2 Å². The third-order valence-corrected chi connectivity index (χ3v) is 10.2. The number of anilines is 1. The highest BCUT2D eigenvalue weighted by Gasteiger charge is 2.35. The van der Waals surface area contributed by atoms with Crippen LogP contribution in [0.1, 0.15) is 37.0 Å². The molecule has 0 spiro atoms. The van der Waals surface area contributed by atoms with E-state index in [0.29, 0.717) is 12.0 Å². The zero-order valence-electron chi connectivity index (χ0n) is 25.8. The van der Waals surface area contributed by atoms with Crippen molar-refractivity contribution in [3.63, 3.8) is 0 Å². The van der Waals surface area contributed by atoms with Crippen LogP contribution in [0.4, 0.5) is 10.1 Å². The normalized spacial score (nSPS) is 12.7. The molecule has 4 aromatic carbocycles. The van der Waals surface area contributed by atoms with Gasteiger partial charge in [0.2, 0.25) is 11.8 Å². The molecule has 46 heavy (non-hydrogen) atoms. The molecule has 0 aliphatic rings. The van der Waals surface area contributed by atoms with Crippen LogP contribution >= 0.6 is 23.2 Å². The van der Waals surface area contributed by atoms with Crippen LogP contribution in [0.3, 0.4) is 0 Å². The molecule has 0 saturated heterocycles. The molecular weight excluding hydrogens is 648 g/mol. The van der Waals surface area contributed by atoms with E-state index in [2.05, 4.69) is 5.32 Å². The molecule has 242 valence electrons. The summed E-state index contributed by atoms with van der Waals surface area (Å²) in [5.41, 5.74) is 2.21. The van der Waals surface area contributed by atoms with Crippen molar-refractivity contribution in [2.75, 3.05) is 10.8 Å². The SMILES string of the molecule is CC[C@@H](C)NC(=O)[C@H](Cc1ccccc1)N(Cc1ccc(F)cc1)C(=O)CN(c1cccc(Cl)c1Cl)S(=O)(=O)c1ccc(C)cc1. The number of nitrogens with one attached hydrogen (secondary N) is 1. The van der Waals surface area contributed by atoms with Crippen LogP contribution in [0.15, 0.2) is 102 Å². The van der Waals surface area contributed by atoms with Gasteiger partial charge in [0.05, 0.1) is 20.6 Å². The van der Waals surface area contributed by atoms with Crippen molar-refractivity contribution in [3.05, 3.63) is 130 Å². The van der Waals surface area contributed by atoms with Gasteiger partial charge in [-0.3, -0.25) is 13.9 Å². The predicted octanol–water partition coefficient (Wildman–Crippen LogP) is 7.19. The van der Waals surface area contributed by atoms with E-state index >= 15 is 0 Å². The van der Waals surface area contributed by atoms with Crippen molar-refractivity contribution < 1.29 is 22.4 Å². The minimum absolute atomic E-state index is 0.00786. The van der Waals surface area contributed by atoms with Crippen molar-refractivity contribution in [1.29, 1.82) is 0 Å². The quantitative estimate of drug-likeness (QED) is 0.162. The number of nitrogens with zero attached hydrogens (tertiary/aromatic N) is 2. The number of carbonyl (C=O) groups is 2. The summed E-state index contributed by atoms with van der Waals surface area (Å²) in [6.45, 7) is 4.84. The summed E-state index contributed by atoms with van der Waals surface area (Å²) in [5, 5.41) is 3.04. The van der Waals surface area contributed by atoms with Crippen LogP contribution in [-0.4, -0.2) is 43.8 Å². The second-order valence-corrected chi connectivity index (χ2v) is 13.7. The fourth-order valence-electron chi connectivity index (χ4n) is 4.82. The molecule has 0 saturated carbocycles. The monoisotopic (exact) mass is 683 g/mol. The zero-order valence-corrected chi connectivity index (χ0v) is 28.1. The number of rotatable bonds is 13. The second kappa shape index (κ2) is 15.6. The smallest absolute Gasteiger partial charge is 0.264 e. The third-order valence-electron chi connectivity index (χ3n) is 7.63. The van der Waals surface area contributed by atoms with Gasteiger partial charge in [0.15, 0.2) is 0 Å². The molecule has 4 aromatic rings. The van der Waals surface area contributed by atoms with Crippen LogP contribution in [0.5, 0.6) is 0 Å². The number of carbonyl (C=O) groups excluding carboxylic acids is 2. The minimum Gasteiger partial charge on any atom is -0.352 e. The van der Waals surface area contributed by atoms with Gasteiger partial charge in [0, 0.05) is 19.0 Å². The van der Waals surface area contributed by atoms with Gasteiger partial charge in [-0.15, -0.1) is 0 Å². The molecule has 7 nitrogen and oxygen atoms in total. The highest BCUT2D eigenvalue weighted by atomic mass is 35.5. The van der Waals surface area contributed by atoms with E-state index in [1.165, 1.54) is 53.4 Å². The maximum Gasteiger partial charge on any atom is 0.264 e. The molecule has 0 bridgehead atoms. The molecule has 2 amide bonds. The number of amides is 2. The minimum atomic E-state index is -4.35. The summed E-state index contributed by atoms with van der Waals surface area (Å²) in [4.78, 5) is 29.7. The van der Waals surface area contributed by atoms with E-state index in [-0.39, 0.29) is 39.6 Å². The standard InChI is InChI=1S/C35H36Cl2FN3O4S/c1-4-25(3)39-35(43)32(21-26-9-6-5-7-10-26)40(22-27-15-17-28(38)18-16-27)33(42)23-41(31-12-8-11-30(36)34(31)37)46(44,45)29-19-13-24(2)14-20-29/h5-20,25,32H,4,21-23H2,1-3H3,(H,39,43)/t25-,32+/m1/s1. The Hall–Kier alpha value is -3.92. The molecule has 4 rings (SSSR count). The first-order valence-corrected chi connectivity index (χ1v) is 17.0. The fourth-order valence-corrected chi connectivity index (χ4v) is 6.69. The Balaban J connectivity index is 1.83. The van der Waals surface area contributed by atoms with Crippen molar-refractivity contribution >= 4 is 50.7 Å². The lowest BCUT2D eigenvalue weighted by molar-refractivity contribution is -0.140. The maximum atomic E-state index is 14.5. The lowest BCUT2D eigenvalue weighted by Gasteiger charge is -2.34. The van der Waals surface area contributed by atoms with Gasteiger partial charge in [0.25, 0.3) is 10.0 Å². The fraction of sp³-hybridized carbons (Fsp3) is 0.257. The largest absolute Gasteiger partial charge is 0.352 e. The van der Waals surface area contributed by atoms with Gasteiger partial charge < -0.3 is 10.2 Å². The lowest BCUT2D eigenvalue weighted by Crippen LogP contribution is -2.54. The van der Waals surface area contributed by atoms with Crippen LogP contribution in [0.2, 0.25) is 10.0 Å². The summed E-state index contributed by atoms with van der Waals surface area (Å²) in [5.74, 6) is -1.53. The van der Waals surface area contributed by atoms with Gasteiger partial charge >= 0.3 is 0 Å². The Kier molecular flexibility index (Phi) is 11.8. The summed E-state index contributed by atoms with van der Waals surface area (Å²) >= 11 is 12.9. The van der Waals surface area contributed by atoms with E-state index in [1.807, 2.05) is 51.1 Å². The van der Waals surface area contributed by atoms with Crippen LogP contribution in [-0.2, 0) is 32.6 Å². The molecule has 0 aliphatic heterocycles. The summed E-state index contributed by atoms with van der Waals surface area (Å²) in [6.07, 6.45) is 0.810. The molecule has 0 heterocycles. The van der Waals surface area contributed by atoms with E-state index in [9.17, 15) is 22.4 Å². The first kappa shape index (κ1) is 34.9. The molecule has 2 atom stereocenters. The molecule has 0 aliphatic carbocycles. The van der Waals surface area contributed by atoms with Crippen molar-refractivity contribution in [3.8, 4) is 0 Å². The third kappa shape index (κ3) is 8.66. The average Bonchev–Trinajstić information content (AvgIpc) is 3.04. The number of hydrogen-bond donors (Lipinski definition) is 1. The molecule has 0 fully saturated rings. The first-order valence-electron chi connectivity index (χ1n) is 14.8. The Morgan fingerprint density at radius 3 is 2.15 bits per heavy atom. The van der Waals surface area contributed by atoms with E-state index in [0.717, 1.165) is 15.4 Å². The zero-order chi connectivity index (χ0) is 33.4. The first-order chi connectivity index (χ1) is 21.9. The average molecular weight is 685 g/mol. The van der Waals surface area contributed by atoms with Crippen LogP contribution < -0.4 is 9.62 Å². The second-order valence-electron chi connectivity index (χ2n) is 11.1. The maximum absolute atomic E-state index is 14.5. The molecule has 0 unspecified atom stereocenters. The Morgan fingerprint density at radius 1 is 0.870 bits per heavy atom. The van der Waals surface area contributed by atoms with Gasteiger partial charge in [0.1, 0.15) is 18.4 Å². The summed E-state index contributed by atoms with van der Waals surface area (Å²) < 4.78 is 43.1. The van der Waals surface area contributed by atoms with Gasteiger partial charge in [-0.05, 0) is 67.8 Å². The van der Waals surface area contributed by atoms with E-state index < -0.39 is 40.2 Å². The van der Waals surface area contributed by atoms with Gasteiger partial charge in [-0.25, -0.2) is 12.8 Å². The lowest BCUT2D eigenvalue weighted by atomic mass is 10.0. The van der Waals surface area contributed by atoms with Gasteiger partial charge in [-0.2, -0.15) is 0 Å².